The Labute approximate surface area is 181 Å². The van der Waals surface area contributed by atoms with Gasteiger partial charge in [-0.3, -0.25) is 4.79 Å². The molecule has 0 saturated heterocycles. The Morgan fingerprint density at radius 1 is 1.07 bits per heavy atom. The van der Waals surface area contributed by atoms with Crippen LogP contribution in [0.1, 0.15) is 27.7 Å². The third-order valence-corrected chi connectivity index (χ3v) is 6.22. The van der Waals surface area contributed by atoms with Gasteiger partial charge in [-0.2, -0.15) is 0 Å². The van der Waals surface area contributed by atoms with Crippen LogP contribution < -0.4 is 5.73 Å². The Bertz CT molecular complexity index is 1230. The number of ketones is 1. The number of carbonyl (C=O) groups excluding carboxylic acids is 1. The van der Waals surface area contributed by atoms with Crippen LogP contribution in [0.15, 0.2) is 60.7 Å². The molecule has 0 aliphatic heterocycles. The maximum absolute atomic E-state index is 13.4. The molecule has 0 bridgehead atoms. The molecule has 2 aromatic carbocycles. The molecule has 0 spiro atoms. The highest BCUT2D eigenvalue weighted by Gasteiger charge is 2.24. The Morgan fingerprint density at radius 2 is 1.73 bits per heavy atom. The van der Waals surface area contributed by atoms with Gasteiger partial charge in [0.2, 0.25) is 0 Å². The monoisotopic (exact) mass is 442 g/mol. The highest BCUT2D eigenvalue weighted by Crippen LogP contribution is 2.35. The van der Waals surface area contributed by atoms with E-state index in [-0.39, 0.29) is 17.8 Å². The summed E-state index contributed by atoms with van der Waals surface area (Å²) in [7, 11) is 0. The van der Waals surface area contributed by atoms with Gasteiger partial charge in [0, 0.05) is 34.9 Å². The second-order valence-electron chi connectivity index (χ2n) is 7.09. The third-order valence-electron chi connectivity index (χ3n) is 4.81. The van der Waals surface area contributed by atoms with Gasteiger partial charge in [-0.05, 0) is 29.8 Å². The van der Waals surface area contributed by atoms with E-state index < -0.39 is 5.92 Å². The smallest absolute Gasteiger partial charge is 0.270 e. The molecule has 0 radical (unpaired) electrons. The Balaban J connectivity index is 1.61. The first-order valence-electron chi connectivity index (χ1n) is 9.18. The van der Waals surface area contributed by atoms with Gasteiger partial charge in [-0.1, -0.05) is 48.0 Å². The summed E-state index contributed by atoms with van der Waals surface area (Å²) in [5, 5.41) is 1.37. The number of anilines is 1. The molecule has 3 nitrogen and oxygen atoms in total. The number of nitrogens with two attached hydrogens (primary N) is 1. The maximum Gasteiger partial charge on any atom is 0.270 e. The topological polar surface area (TPSA) is 56.0 Å². The molecule has 0 unspecified atom stereocenters. The zero-order valence-corrected chi connectivity index (χ0v) is 17.5. The first kappa shape index (κ1) is 20.4. The molecule has 0 fully saturated rings. The number of benzene rings is 2. The van der Waals surface area contributed by atoms with Gasteiger partial charge in [-0.25, -0.2) is 13.8 Å². The van der Waals surface area contributed by atoms with Gasteiger partial charge in [0.1, 0.15) is 4.83 Å². The number of thiophene rings is 1. The minimum absolute atomic E-state index is 0.0800. The lowest BCUT2D eigenvalue weighted by molar-refractivity contribution is 0.0174. The molecule has 2 heterocycles. The highest BCUT2D eigenvalue weighted by molar-refractivity contribution is 7.21. The molecule has 4 aromatic rings. The van der Waals surface area contributed by atoms with Gasteiger partial charge >= 0.3 is 0 Å². The number of fused-ring (bicyclic) bond motifs is 1. The van der Waals surface area contributed by atoms with Crippen LogP contribution in [0.2, 0.25) is 5.02 Å². The second kappa shape index (κ2) is 7.78. The number of nitrogen functional groups attached to an aromatic ring is 1. The van der Waals surface area contributed by atoms with Crippen LogP contribution in [0, 0.1) is 0 Å². The molecule has 7 heteroatoms. The van der Waals surface area contributed by atoms with Crippen molar-refractivity contribution >= 4 is 44.6 Å². The first-order valence-corrected chi connectivity index (χ1v) is 10.4. The lowest BCUT2D eigenvalue weighted by atomic mass is 10.0. The van der Waals surface area contributed by atoms with Crippen LogP contribution in [0.5, 0.6) is 0 Å². The summed E-state index contributed by atoms with van der Waals surface area (Å²) in [5.74, 6) is -3.08. The van der Waals surface area contributed by atoms with Crippen molar-refractivity contribution in [1.82, 2.24) is 4.98 Å². The standard InChI is InChI=1S/C23H17ClF2N2OS/c1-23(25,26)15-6-2-13(3-7-15)12-19(29)21-20(27)17-10-11-18(28-22(17)30-21)14-4-8-16(24)9-5-14/h2-11H,12,27H2,1H3. The van der Waals surface area contributed by atoms with Crippen molar-refractivity contribution < 1.29 is 13.6 Å². The highest BCUT2D eigenvalue weighted by atomic mass is 35.5. The predicted octanol–water partition coefficient (Wildman–Crippen LogP) is 6.74. The summed E-state index contributed by atoms with van der Waals surface area (Å²) in [6.45, 7) is 0.844. The normalized spacial score (nSPS) is 11.7. The summed E-state index contributed by atoms with van der Waals surface area (Å²) < 4.78 is 26.7. The molecular formula is C23H17ClF2N2OS. The lowest BCUT2D eigenvalue weighted by Gasteiger charge is -2.10. The molecular weight excluding hydrogens is 426 g/mol. The molecule has 0 aliphatic carbocycles. The Kier molecular flexibility index (Phi) is 5.30. The minimum Gasteiger partial charge on any atom is -0.397 e. The Hall–Kier alpha value is -2.83. The number of nitrogens with zero attached hydrogens (tertiary/aromatic N) is 1. The summed E-state index contributed by atoms with van der Waals surface area (Å²) in [5.41, 5.74) is 8.85. The summed E-state index contributed by atoms with van der Waals surface area (Å²) >= 11 is 7.18. The molecule has 2 N–H and O–H groups in total. The number of halogens is 3. The minimum atomic E-state index is -2.91. The number of alkyl halides is 2. The first-order chi connectivity index (χ1) is 14.2. The van der Waals surface area contributed by atoms with E-state index >= 15 is 0 Å². The van der Waals surface area contributed by atoms with Crippen molar-refractivity contribution in [2.45, 2.75) is 19.3 Å². The fourth-order valence-corrected chi connectivity index (χ4v) is 4.32. The van der Waals surface area contributed by atoms with E-state index in [0.717, 1.165) is 23.6 Å². The average Bonchev–Trinajstić information content (AvgIpc) is 3.04. The molecule has 152 valence electrons. The van der Waals surface area contributed by atoms with E-state index in [9.17, 15) is 13.6 Å². The fraction of sp³-hybridized carbons (Fsp3) is 0.130. The molecule has 0 atom stereocenters. The van der Waals surface area contributed by atoms with E-state index in [1.165, 1.54) is 23.5 Å². The van der Waals surface area contributed by atoms with Crippen LogP contribution in [-0.4, -0.2) is 10.8 Å². The van der Waals surface area contributed by atoms with Crippen molar-refractivity contribution in [3.05, 3.63) is 81.7 Å². The van der Waals surface area contributed by atoms with Crippen molar-refractivity contribution in [1.29, 1.82) is 0 Å². The lowest BCUT2D eigenvalue weighted by Crippen LogP contribution is -2.08. The van der Waals surface area contributed by atoms with Gasteiger partial charge in [-0.15, -0.1) is 11.3 Å². The SMILES string of the molecule is CC(F)(F)c1ccc(CC(=O)c2sc3nc(-c4ccc(Cl)cc4)ccc3c2N)cc1. The third kappa shape index (κ3) is 4.06. The quantitative estimate of drug-likeness (QED) is 0.348. The maximum atomic E-state index is 13.4. The van der Waals surface area contributed by atoms with Gasteiger partial charge in [0.25, 0.3) is 5.92 Å². The zero-order chi connectivity index (χ0) is 21.5. The van der Waals surface area contributed by atoms with E-state index in [4.69, 9.17) is 17.3 Å². The van der Waals surface area contributed by atoms with Crippen molar-refractivity contribution in [2.24, 2.45) is 0 Å². The predicted molar refractivity (Wildman–Crippen MR) is 119 cm³/mol. The van der Waals surface area contributed by atoms with Gasteiger partial charge in [0.05, 0.1) is 16.3 Å². The fourth-order valence-electron chi connectivity index (χ4n) is 3.17. The molecule has 4 rings (SSSR count). The summed E-state index contributed by atoms with van der Waals surface area (Å²) in [6, 6.07) is 16.8. The molecule has 0 amide bonds. The number of Topliss-reactive ketones (excluding diaryl/α,β-unsaturated/α-hetero) is 1. The molecule has 0 aliphatic rings. The van der Waals surface area contributed by atoms with E-state index in [2.05, 4.69) is 4.98 Å². The van der Waals surface area contributed by atoms with Crippen LogP contribution in [0.3, 0.4) is 0 Å². The molecule has 0 saturated carbocycles. The summed E-state index contributed by atoms with van der Waals surface area (Å²) in [4.78, 5) is 18.6. The van der Waals surface area contributed by atoms with Crippen molar-refractivity contribution in [2.75, 3.05) is 5.73 Å². The van der Waals surface area contributed by atoms with E-state index in [1.807, 2.05) is 24.3 Å². The number of aromatic nitrogens is 1. The van der Waals surface area contributed by atoms with Crippen molar-refractivity contribution in [3.63, 3.8) is 0 Å². The zero-order valence-electron chi connectivity index (χ0n) is 16.0. The molecule has 2 aromatic heterocycles. The van der Waals surface area contributed by atoms with E-state index in [1.54, 1.807) is 24.3 Å². The summed E-state index contributed by atoms with van der Waals surface area (Å²) in [6.07, 6.45) is 0.0800. The Morgan fingerprint density at radius 3 is 2.37 bits per heavy atom. The van der Waals surface area contributed by atoms with Crippen molar-refractivity contribution in [3.8, 4) is 11.3 Å². The number of rotatable bonds is 5. The average molecular weight is 443 g/mol. The van der Waals surface area contributed by atoms with Crippen LogP contribution in [-0.2, 0) is 12.3 Å². The van der Waals surface area contributed by atoms with Gasteiger partial charge in [0.15, 0.2) is 5.78 Å². The van der Waals surface area contributed by atoms with Gasteiger partial charge < -0.3 is 5.73 Å². The number of hydrogen-bond donors (Lipinski definition) is 1. The number of hydrogen-bond acceptors (Lipinski definition) is 4. The van der Waals surface area contributed by atoms with Crippen LogP contribution >= 0.6 is 22.9 Å². The number of carbonyl (C=O) groups is 1. The van der Waals surface area contributed by atoms with Crippen LogP contribution in [0.4, 0.5) is 14.5 Å². The van der Waals surface area contributed by atoms with Crippen LogP contribution in [0.25, 0.3) is 21.5 Å². The second-order valence-corrected chi connectivity index (χ2v) is 8.52. The van der Waals surface area contributed by atoms with E-state index in [0.29, 0.717) is 26.0 Å². The largest absolute Gasteiger partial charge is 0.397 e. The molecule has 30 heavy (non-hydrogen) atoms. The number of pyridine rings is 1.